The Morgan fingerprint density at radius 2 is 2.30 bits per heavy atom. The van der Waals surface area contributed by atoms with Gasteiger partial charge in [-0.05, 0) is 57.6 Å². The molecule has 2 rings (SSSR count). The van der Waals surface area contributed by atoms with E-state index in [9.17, 15) is 5.11 Å². The Bertz CT molecular complexity index is 427. The number of likely N-dealkylation sites (N-methyl/N-ethyl adjacent to an activating group) is 2. The number of aliphatic hydroxyl groups excluding tert-OH is 1. The van der Waals surface area contributed by atoms with Crippen molar-refractivity contribution in [2.24, 2.45) is 0 Å². The van der Waals surface area contributed by atoms with Crippen LogP contribution in [0.2, 0.25) is 5.02 Å². The number of piperidine rings is 1. The highest BCUT2D eigenvalue weighted by Crippen LogP contribution is 2.21. The van der Waals surface area contributed by atoms with Gasteiger partial charge in [-0.1, -0.05) is 23.7 Å². The molecular weight excluding hydrogens is 272 g/mol. The summed E-state index contributed by atoms with van der Waals surface area (Å²) in [5, 5.41) is 10.9. The fourth-order valence-electron chi connectivity index (χ4n) is 2.89. The van der Waals surface area contributed by atoms with Crippen molar-refractivity contribution in [2.75, 3.05) is 33.7 Å². The monoisotopic (exact) mass is 296 g/mol. The van der Waals surface area contributed by atoms with Gasteiger partial charge in [0.25, 0.3) is 0 Å². The van der Waals surface area contributed by atoms with Gasteiger partial charge >= 0.3 is 0 Å². The molecule has 20 heavy (non-hydrogen) atoms. The third-order valence-corrected chi connectivity index (χ3v) is 4.45. The summed E-state index contributed by atoms with van der Waals surface area (Å²) >= 11 is 5.96. The first-order valence-corrected chi connectivity index (χ1v) is 7.76. The first kappa shape index (κ1) is 15.8. The van der Waals surface area contributed by atoms with E-state index in [1.807, 2.05) is 24.3 Å². The Morgan fingerprint density at radius 3 is 3.00 bits per heavy atom. The van der Waals surface area contributed by atoms with Crippen LogP contribution in [0.5, 0.6) is 0 Å². The van der Waals surface area contributed by atoms with Crippen molar-refractivity contribution in [3.8, 4) is 0 Å². The lowest BCUT2D eigenvalue weighted by atomic mass is 10.0. The zero-order valence-corrected chi connectivity index (χ0v) is 13.2. The number of hydrogen-bond donors (Lipinski definition) is 1. The van der Waals surface area contributed by atoms with Gasteiger partial charge in [-0.25, -0.2) is 0 Å². The third-order valence-electron chi connectivity index (χ3n) is 4.21. The van der Waals surface area contributed by atoms with Gasteiger partial charge in [-0.3, -0.25) is 0 Å². The van der Waals surface area contributed by atoms with Gasteiger partial charge in [0, 0.05) is 24.2 Å². The lowest BCUT2D eigenvalue weighted by molar-refractivity contribution is 0.104. The molecule has 1 N–H and O–H groups in total. The Hall–Kier alpha value is -0.610. The van der Waals surface area contributed by atoms with Gasteiger partial charge in [0.15, 0.2) is 0 Å². The van der Waals surface area contributed by atoms with Gasteiger partial charge < -0.3 is 14.9 Å². The number of likely N-dealkylation sites (tertiary alicyclic amines) is 1. The van der Waals surface area contributed by atoms with Crippen molar-refractivity contribution in [1.82, 2.24) is 9.80 Å². The predicted octanol–water partition coefficient (Wildman–Crippen LogP) is 2.79. The molecular formula is C16H25ClN2O. The zero-order valence-electron chi connectivity index (χ0n) is 12.4. The molecule has 4 heteroatoms. The van der Waals surface area contributed by atoms with Gasteiger partial charge in [0.05, 0.1) is 6.10 Å². The summed E-state index contributed by atoms with van der Waals surface area (Å²) in [5.41, 5.74) is 0.909. The van der Waals surface area contributed by atoms with Crippen molar-refractivity contribution in [3.05, 3.63) is 34.9 Å². The predicted molar refractivity (Wildman–Crippen MR) is 84.2 cm³/mol. The smallest absolute Gasteiger partial charge is 0.0802 e. The Kier molecular flexibility index (Phi) is 5.85. The van der Waals surface area contributed by atoms with Crippen LogP contribution in [0.25, 0.3) is 0 Å². The maximum Gasteiger partial charge on any atom is 0.0802 e. The SMILES string of the molecule is CN1CCCC(N(C)CCC(O)c2cccc(Cl)c2)C1. The lowest BCUT2D eigenvalue weighted by Gasteiger charge is -2.36. The molecule has 1 heterocycles. The Labute approximate surface area is 127 Å². The quantitative estimate of drug-likeness (QED) is 0.905. The van der Waals surface area contributed by atoms with E-state index >= 15 is 0 Å². The van der Waals surface area contributed by atoms with Gasteiger partial charge in [-0.15, -0.1) is 0 Å². The Morgan fingerprint density at radius 1 is 1.50 bits per heavy atom. The summed E-state index contributed by atoms with van der Waals surface area (Å²) in [7, 11) is 4.34. The van der Waals surface area contributed by atoms with Crippen LogP contribution in [-0.4, -0.2) is 54.7 Å². The van der Waals surface area contributed by atoms with E-state index in [1.165, 1.54) is 19.4 Å². The first-order chi connectivity index (χ1) is 9.56. The van der Waals surface area contributed by atoms with Gasteiger partial charge in [0.2, 0.25) is 0 Å². The van der Waals surface area contributed by atoms with Crippen molar-refractivity contribution >= 4 is 11.6 Å². The van der Waals surface area contributed by atoms with Crippen LogP contribution in [-0.2, 0) is 0 Å². The van der Waals surface area contributed by atoms with Gasteiger partial charge in [0.1, 0.15) is 0 Å². The number of benzene rings is 1. The zero-order chi connectivity index (χ0) is 14.5. The molecule has 112 valence electrons. The van der Waals surface area contributed by atoms with Crippen molar-refractivity contribution in [1.29, 1.82) is 0 Å². The van der Waals surface area contributed by atoms with Crippen LogP contribution in [0.1, 0.15) is 30.9 Å². The topological polar surface area (TPSA) is 26.7 Å². The minimum atomic E-state index is -0.433. The number of aliphatic hydroxyl groups is 1. The highest BCUT2D eigenvalue weighted by Gasteiger charge is 2.21. The average Bonchev–Trinajstić information content (AvgIpc) is 2.44. The maximum absolute atomic E-state index is 10.2. The van der Waals surface area contributed by atoms with E-state index in [4.69, 9.17) is 11.6 Å². The molecule has 1 aliphatic heterocycles. The van der Waals surface area contributed by atoms with Crippen LogP contribution in [0.3, 0.4) is 0 Å². The molecule has 2 unspecified atom stereocenters. The van der Waals surface area contributed by atoms with E-state index in [1.54, 1.807) is 0 Å². The normalized spacial score (nSPS) is 22.1. The minimum absolute atomic E-state index is 0.433. The second-order valence-electron chi connectivity index (χ2n) is 5.90. The third kappa shape index (κ3) is 4.45. The number of nitrogens with zero attached hydrogens (tertiary/aromatic N) is 2. The largest absolute Gasteiger partial charge is 0.388 e. The fraction of sp³-hybridized carbons (Fsp3) is 0.625. The summed E-state index contributed by atoms with van der Waals surface area (Å²) in [6.07, 6.45) is 2.84. The molecule has 0 aromatic heterocycles. The molecule has 0 aliphatic carbocycles. The molecule has 1 aliphatic rings. The first-order valence-electron chi connectivity index (χ1n) is 7.38. The summed E-state index contributed by atoms with van der Waals surface area (Å²) < 4.78 is 0. The van der Waals surface area contributed by atoms with Crippen molar-refractivity contribution in [3.63, 3.8) is 0 Å². The molecule has 0 radical (unpaired) electrons. The van der Waals surface area contributed by atoms with Crippen molar-refractivity contribution < 1.29 is 5.11 Å². The molecule has 0 amide bonds. The minimum Gasteiger partial charge on any atom is -0.388 e. The Balaban J connectivity index is 1.82. The molecule has 1 saturated heterocycles. The summed E-state index contributed by atoms with van der Waals surface area (Å²) in [6, 6.07) is 8.12. The second-order valence-corrected chi connectivity index (χ2v) is 6.33. The van der Waals surface area contributed by atoms with E-state index in [2.05, 4.69) is 23.9 Å². The molecule has 3 nitrogen and oxygen atoms in total. The lowest BCUT2D eigenvalue weighted by Crippen LogP contribution is -2.45. The molecule has 1 aromatic carbocycles. The highest BCUT2D eigenvalue weighted by atomic mass is 35.5. The van der Waals surface area contributed by atoms with Crippen LogP contribution < -0.4 is 0 Å². The molecule has 0 bridgehead atoms. The van der Waals surface area contributed by atoms with E-state index < -0.39 is 6.10 Å². The molecule has 1 fully saturated rings. The van der Waals surface area contributed by atoms with E-state index in [0.29, 0.717) is 11.1 Å². The summed E-state index contributed by atoms with van der Waals surface area (Å²) in [5.74, 6) is 0. The van der Waals surface area contributed by atoms with Crippen LogP contribution in [0.15, 0.2) is 24.3 Å². The standard InChI is InChI=1S/C16H25ClN2O/c1-18-9-4-7-15(12-18)19(2)10-8-16(20)13-5-3-6-14(17)11-13/h3,5-6,11,15-16,20H,4,7-10,12H2,1-2H3. The highest BCUT2D eigenvalue weighted by molar-refractivity contribution is 6.30. The number of rotatable bonds is 5. The van der Waals surface area contributed by atoms with Crippen LogP contribution in [0, 0.1) is 0 Å². The fourth-order valence-corrected chi connectivity index (χ4v) is 3.09. The molecule has 0 saturated carbocycles. The maximum atomic E-state index is 10.2. The molecule has 2 atom stereocenters. The van der Waals surface area contributed by atoms with E-state index in [0.717, 1.165) is 25.1 Å². The number of hydrogen-bond acceptors (Lipinski definition) is 3. The second kappa shape index (κ2) is 7.41. The summed E-state index contributed by atoms with van der Waals surface area (Å²) in [6.45, 7) is 3.24. The van der Waals surface area contributed by atoms with E-state index in [-0.39, 0.29) is 0 Å². The molecule has 1 aromatic rings. The van der Waals surface area contributed by atoms with Gasteiger partial charge in [-0.2, -0.15) is 0 Å². The number of halogens is 1. The van der Waals surface area contributed by atoms with Crippen molar-refractivity contribution in [2.45, 2.75) is 31.4 Å². The van der Waals surface area contributed by atoms with Crippen LogP contribution in [0.4, 0.5) is 0 Å². The average molecular weight is 297 g/mol. The van der Waals surface area contributed by atoms with Crippen LogP contribution >= 0.6 is 11.6 Å². The summed E-state index contributed by atoms with van der Waals surface area (Å²) in [4.78, 5) is 4.77. The molecule has 0 spiro atoms.